The van der Waals surface area contributed by atoms with Crippen molar-refractivity contribution in [3.05, 3.63) is 76.9 Å². The minimum atomic E-state index is -0.238. The van der Waals surface area contributed by atoms with E-state index in [1.165, 1.54) is 11.6 Å². The van der Waals surface area contributed by atoms with E-state index >= 15 is 0 Å². The first-order valence-electron chi connectivity index (χ1n) is 9.17. The monoisotopic (exact) mass is 352 g/mol. The van der Waals surface area contributed by atoms with Crippen molar-refractivity contribution >= 4 is 11.1 Å². The van der Waals surface area contributed by atoms with Crippen molar-refractivity contribution < 1.29 is 13.5 Å². The Balaban J connectivity index is 1.58. The third-order valence-corrected chi connectivity index (χ3v) is 5.54. The molecule has 0 aromatic heterocycles. The Labute approximate surface area is 153 Å². The van der Waals surface area contributed by atoms with Gasteiger partial charge >= 0.3 is 0 Å². The molecule has 0 N–H and O–H groups in total. The molecule has 0 amide bonds. The summed E-state index contributed by atoms with van der Waals surface area (Å²) >= 11 is 0. The smallest absolute Gasteiger partial charge is 0.134 e. The molecule has 0 spiro atoms. The second kappa shape index (κ2) is 6.71. The van der Waals surface area contributed by atoms with Crippen LogP contribution in [0.3, 0.4) is 0 Å². The number of aryl methyl sites for hydroxylation is 1. The van der Waals surface area contributed by atoms with Gasteiger partial charge in [0.2, 0.25) is 0 Å². The molecule has 26 heavy (non-hydrogen) atoms. The highest BCUT2D eigenvalue weighted by Gasteiger charge is 2.37. The van der Waals surface area contributed by atoms with Gasteiger partial charge in [-0.25, -0.2) is 8.78 Å². The van der Waals surface area contributed by atoms with Gasteiger partial charge in [0.15, 0.2) is 0 Å². The second-order valence-corrected chi connectivity index (χ2v) is 7.04. The van der Waals surface area contributed by atoms with Crippen molar-refractivity contribution in [1.82, 2.24) is 0 Å². The van der Waals surface area contributed by atoms with E-state index in [2.05, 4.69) is 12.2 Å². The maximum Gasteiger partial charge on any atom is 0.134 e. The molecule has 0 fully saturated rings. The molecule has 0 heterocycles. The van der Waals surface area contributed by atoms with Crippen molar-refractivity contribution in [3.63, 3.8) is 0 Å². The van der Waals surface area contributed by atoms with E-state index < -0.39 is 0 Å². The highest BCUT2D eigenvalue weighted by molar-refractivity contribution is 5.80. The molecule has 2 aliphatic rings. The predicted octanol–water partition coefficient (Wildman–Crippen LogP) is 6.18. The number of fused-ring (bicyclic) bond motifs is 1. The molecule has 2 aromatic rings. The largest absolute Gasteiger partial charge is 0.494 e. The number of hydrogen-bond acceptors (Lipinski definition) is 1. The highest BCUT2D eigenvalue weighted by atomic mass is 19.1. The molecule has 1 nitrogen and oxygen atoms in total. The average molecular weight is 352 g/mol. The number of halogens is 2. The third-order valence-electron chi connectivity index (χ3n) is 5.54. The van der Waals surface area contributed by atoms with E-state index in [1.807, 2.05) is 31.2 Å². The Hall–Kier alpha value is -2.42. The van der Waals surface area contributed by atoms with Crippen LogP contribution in [0, 0.1) is 30.4 Å². The summed E-state index contributed by atoms with van der Waals surface area (Å²) in [4.78, 5) is 0. The summed E-state index contributed by atoms with van der Waals surface area (Å²) < 4.78 is 34.0. The molecule has 134 valence electrons. The van der Waals surface area contributed by atoms with Crippen LogP contribution in [0.5, 0.6) is 5.75 Å². The summed E-state index contributed by atoms with van der Waals surface area (Å²) in [5.74, 6) is 0.720. The lowest BCUT2D eigenvalue weighted by Gasteiger charge is -2.19. The summed E-state index contributed by atoms with van der Waals surface area (Å²) in [5, 5.41) is 0. The van der Waals surface area contributed by atoms with Crippen molar-refractivity contribution in [1.29, 1.82) is 0 Å². The van der Waals surface area contributed by atoms with Crippen LogP contribution in [0.25, 0.3) is 11.1 Å². The van der Waals surface area contributed by atoms with Gasteiger partial charge in [0.25, 0.3) is 0 Å². The lowest BCUT2D eigenvalue weighted by Crippen LogP contribution is -2.08. The molecule has 2 aliphatic carbocycles. The molecule has 4 rings (SSSR count). The fraction of sp³-hybridized carbons (Fsp3) is 0.304. The zero-order valence-electron chi connectivity index (χ0n) is 15.1. The quantitative estimate of drug-likeness (QED) is 0.638. The van der Waals surface area contributed by atoms with Crippen LogP contribution in [0.4, 0.5) is 8.78 Å². The van der Waals surface area contributed by atoms with E-state index in [0.717, 1.165) is 24.0 Å². The molecule has 0 saturated heterocycles. The first kappa shape index (κ1) is 17.0. The molecule has 2 aromatic carbocycles. The van der Waals surface area contributed by atoms with Gasteiger partial charge in [0.05, 0.1) is 6.61 Å². The van der Waals surface area contributed by atoms with Crippen LogP contribution >= 0.6 is 0 Å². The van der Waals surface area contributed by atoms with E-state index in [1.54, 1.807) is 13.0 Å². The summed E-state index contributed by atoms with van der Waals surface area (Å²) in [5.41, 5.74) is 4.51. The molecule has 0 radical (unpaired) electrons. The maximum atomic E-state index is 14.6. The molecular formula is C23H22F2O. The average Bonchev–Trinajstić information content (AvgIpc) is 3.20. The summed E-state index contributed by atoms with van der Waals surface area (Å²) in [7, 11) is 0. The van der Waals surface area contributed by atoms with E-state index in [4.69, 9.17) is 4.74 Å². The van der Waals surface area contributed by atoms with Crippen LogP contribution in [0.1, 0.15) is 36.5 Å². The van der Waals surface area contributed by atoms with E-state index in [0.29, 0.717) is 29.4 Å². The van der Waals surface area contributed by atoms with Crippen LogP contribution in [0.2, 0.25) is 0 Å². The summed E-state index contributed by atoms with van der Waals surface area (Å²) in [6.07, 6.45) is 6.08. The van der Waals surface area contributed by atoms with Crippen LogP contribution in [-0.2, 0) is 0 Å². The number of hydrogen-bond donors (Lipinski definition) is 0. The number of allylic oxidation sites excluding steroid dienone is 4. The Bertz CT molecular complexity index is 910. The topological polar surface area (TPSA) is 9.23 Å². The van der Waals surface area contributed by atoms with Crippen molar-refractivity contribution in [2.75, 3.05) is 6.61 Å². The maximum absolute atomic E-state index is 14.6. The predicted molar refractivity (Wildman–Crippen MR) is 101 cm³/mol. The van der Waals surface area contributed by atoms with Gasteiger partial charge in [-0.2, -0.15) is 0 Å². The Kier molecular flexibility index (Phi) is 4.39. The molecule has 3 heteroatoms. The number of rotatable bonds is 4. The molecule has 2 unspecified atom stereocenters. The van der Waals surface area contributed by atoms with Crippen LogP contribution < -0.4 is 4.74 Å². The fourth-order valence-corrected chi connectivity index (χ4v) is 4.23. The number of ether oxygens (including phenoxy) is 1. The van der Waals surface area contributed by atoms with Crippen molar-refractivity contribution in [3.8, 4) is 5.75 Å². The van der Waals surface area contributed by atoms with Gasteiger partial charge in [-0.05, 0) is 79.0 Å². The SMILES string of the molecule is CCOc1ccc(C2=CCC3C(c4ccc(C)c(F)c4)=CCC23)c(F)c1. The summed E-state index contributed by atoms with van der Waals surface area (Å²) in [6, 6.07) is 10.5. The van der Waals surface area contributed by atoms with Crippen molar-refractivity contribution in [2.24, 2.45) is 11.8 Å². The zero-order valence-corrected chi connectivity index (χ0v) is 15.1. The van der Waals surface area contributed by atoms with Gasteiger partial charge in [0.1, 0.15) is 17.4 Å². The van der Waals surface area contributed by atoms with Crippen molar-refractivity contribution in [2.45, 2.75) is 26.7 Å². The van der Waals surface area contributed by atoms with E-state index in [-0.39, 0.29) is 17.6 Å². The lowest BCUT2D eigenvalue weighted by molar-refractivity contribution is 0.338. The Morgan fingerprint density at radius 1 is 0.923 bits per heavy atom. The van der Waals surface area contributed by atoms with E-state index in [9.17, 15) is 8.78 Å². The number of benzene rings is 2. The third kappa shape index (κ3) is 2.86. The standard InChI is InChI=1S/C23H22F2O/c1-3-26-16-6-7-21(23(25)13-16)20-11-10-18-17(8-9-19(18)20)15-5-4-14(2)22(24)12-15/h4-8,11-13,18-19H,3,9-10H2,1-2H3. The molecule has 0 saturated carbocycles. The highest BCUT2D eigenvalue weighted by Crippen LogP contribution is 2.51. The molecule has 2 atom stereocenters. The zero-order chi connectivity index (χ0) is 18.3. The van der Waals surface area contributed by atoms with Gasteiger partial charge in [-0.1, -0.05) is 24.3 Å². The minimum absolute atomic E-state index is 0.171. The first-order valence-corrected chi connectivity index (χ1v) is 9.17. The minimum Gasteiger partial charge on any atom is -0.494 e. The van der Waals surface area contributed by atoms with Crippen LogP contribution in [0.15, 0.2) is 48.6 Å². The molecular weight excluding hydrogens is 330 g/mol. The lowest BCUT2D eigenvalue weighted by atomic mass is 9.85. The Morgan fingerprint density at radius 2 is 1.65 bits per heavy atom. The van der Waals surface area contributed by atoms with Gasteiger partial charge < -0.3 is 4.74 Å². The summed E-state index contributed by atoms with van der Waals surface area (Å²) in [6.45, 7) is 4.18. The second-order valence-electron chi connectivity index (χ2n) is 7.04. The first-order chi connectivity index (χ1) is 12.6. The van der Waals surface area contributed by atoms with Gasteiger partial charge in [-0.15, -0.1) is 0 Å². The fourth-order valence-electron chi connectivity index (χ4n) is 4.23. The van der Waals surface area contributed by atoms with Gasteiger partial charge in [0, 0.05) is 11.6 Å². The molecule has 0 bridgehead atoms. The van der Waals surface area contributed by atoms with Crippen LogP contribution in [-0.4, -0.2) is 6.61 Å². The molecule has 0 aliphatic heterocycles. The Morgan fingerprint density at radius 3 is 2.35 bits per heavy atom. The normalized spacial score (nSPS) is 21.4. The van der Waals surface area contributed by atoms with Gasteiger partial charge in [-0.3, -0.25) is 0 Å².